The maximum atomic E-state index is 13.1. The second-order valence-electron chi connectivity index (χ2n) is 8.92. The summed E-state index contributed by atoms with van der Waals surface area (Å²) >= 11 is 0. The summed E-state index contributed by atoms with van der Waals surface area (Å²) in [5.41, 5.74) is 2.21. The van der Waals surface area contributed by atoms with Gasteiger partial charge in [-0.1, -0.05) is 12.1 Å². The van der Waals surface area contributed by atoms with E-state index >= 15 is 0 Å². The smallest absolute Gasteiger partial charge is 0.338 e. The Bertz CT molecular complexity index is 1010. The van der Waals surface area contributed by atoms with Gasteiger partial charge < -0.3 is 9.47 Å². The van der Waals surface area contributed by atoms with Gasteiger partial charge in [0.15, 0.2) is 0 Å². The van der Waals surface area contributed by atoms with Crippen molar-refractivity contribution < 1.29 is 23.9 Å². The molecule has 7 heteroatoms. The lowest BCUT2D eigenvalue weighted by molar-refractivity contribution is -0.123. The molecule has 2 heterocycles. The number of aryl methyl sites for hydroxylation is 1. The van der Waals surface area contributed by atoms with E-state index in [0.717, 1.165) is 44.5 Å². The van der Waals surface area contributed by atoms with Crippen LogP contribution in [0.15, 0.2) is 48.5 Å². The average Bonchev–Trinajstić information content (AvgIpc) is 3.17. The maximum absolute atomic E-state index is 13.1. The molecule has 0 bridgehead atoms. The van der Waals surface area contributed by atoms with Gasteiger partial charge in [-0.15, -0.1) is 0 Å². The Morgan fingerprint density at radius 1 is 1.00 bits per heavy atom. The molecule has 4 rings (SSSR count). The lowest BCUT2D eigenvalue weighted by Crippen LogP contribution is -2.46. The Morgan fingerprint density at radius 2 is 1.68 bits per heavy atom. The minimum absolute atomic E-state index is 0.175. The summed E-state index contributed by atoms with van der Waals surface area (Å²) in [5.74, 6) is 0.709. The van der Waals surface area contributed by atoms with Crippen molar-refractivity contribution >= 4 is 23.5 Å². The third-order valence-corrected chi connectivity index (χ3v) is 6.85. The highest BCUT2D eigenvalue weighted by Gasteiger charge is 2.43. The summed E-state index contributed by atoms with van der Waals surface area (Å²) in [7, 11) is 1.67. The van der Waals surface area contributed by atoms with Crippen molar-refractivity contribution in [2.45, 2.75) is 45.1 Å². The van der Waals surface area contributed by atoms with Crippen molar-refractivity contribution in [1.82, 2.24) is 4.90 Å². The van der Waals surface area contributed by atoms with Gasteiger partial charge >= 0.3 is 5.97 Å². The Kier molecular flexibility index (Phi) is 7.63. The van der Waals surface area contributed by atoms with E-state index in [0.29, 0.717) is 23.8 Å². The number of rotatable bonds is 8. The minimum atomic E-state index is -0.416. The molecular weight excluding hydrogens is 432 g/mol. The Labute approximate surface area is 200 Å². The molecule has 0 aliphatic carbocycles. The number of hydrogen-bond donors (Lipinski definition) is 0. The second-order valence-corrected chi connectivity index (χ2v) is 8.92. The van der Waals surface area contributed by atoms with Crippen LogP contribution in [-0.2, 0) is 20.7 Å². The van der Waals surface area contributed by atoms with Crippen LogP contribution in [0.1, 0.15) is 48.5 Å². The molecule has 2 aromatic rings. The summed E-state index contributed by atoms with van der Waals surface area (Å²) in [6, 6.07) is 14.3. The van der Waals surface area contributed by atoms with E-state index in [2.05, 4.69) is 17.0 Å². The topological polar surface area (TPSA) is 76.2 Å². The van der Waals surface area contributed by atoms with E-state index in [1.165, 1.54) is 10.5 Å². The van der Waals surface area contributed by atoms with Crippen molar-refractivity contribution in [3.63, 3.8) is 0 Å². The minimum Gasteiger partial charge on any atom is -0.497 e. The molecule has 2 aromatic carbocycles. The lowest BCUT2D eigenvalue weighted by atomic mass is 9.90. The quantitative estimate of drug-likeness (QED) is 0.436. The van der Waals surface area contributed by atoms with E-state index < -0.39 is 12.0 Å². The molecule has 0 unspecified atom stereocenters. The van der Waals surface area contributed by atoms with Gasteiger partial charge in [-0.2, -0.15) is 0 Å². The van der Waals surface area contributed by atoms with Crippen molar-refractivity contribution in [2.75, 3.05) is 31.7 Å². The first-order chi connectivity index (χ1) is 16.5. The van der Waals surface area contributed by atoms with Crippen LogP contribution >= 0.6 is 0 Å². The highest BCUT2D eigenvalue weighted by Crippen LogP contribution is 2.30. The number of esters is 1. The summed E-state index contributed by atoms with van der Waals surface area (Å²) in [5, 5.41) is 0. The standard InChI is InChI=1S/C27H32N2O5/c1-3-34-27(32)21-8-10-22(11-9-21)29-25(30)18-24(26(29)31)28-16-14-20(15-17-28)5-4-19-6-12-23(33-2)13-7-19/h6-13,20,24H,3-5,14-18H2,1-2H3/t24-/m0/s1. The fraction of sp³-hybridized carbons (Fsp3) is 0.444. The molecule has 0 N–H and O–H groups in total. The highest BCUT2D eigenvalue weighted by atomic mass is 16.5. The number of ether oxygens (including phenoxy) is 2. The molecule has 0 radical (unpaired) electrons. The Morgan fingerprint density at radius 3 is 2.29 bits per heavy atom. The molecular formula is C27H32N2O5. The van der Waals surface area contributed by atoms with E-state index in [-0.39, 0.29) is 18.2 Å². The van der Waals surface area contributed by atoms with Crippen LogP contribution in [0, 0.1) is 5.92 Å². The molecule has 2 amide bonds. The molecule has 0 saturated carbocycles. The normalized spacial score (nSPS) is 19.5. The monoisotopic (exact) mass is 464 g/mol. The molecule has 1 atom stereocenters. The number of methoxy groups -OCH3 is 1. The van der Waals surface area contributed by atoms with Crippen molar-refractivity contribution in [3.8, 4) is 5.75 Å². The zero-order chi connectivity index (χ0) is 24.1. The van der Waals surface area contributed by atoms with Crippen molar-refractivity contribution in [3.05, 3.63) is 59.7 Å². The SMILES string of the molecule is CCOC(=O)c1ccc(N2C(=O)C[C@H](N3CCC(CCc4ccc(OC)cc4)CC3)C2=O)cc1. The fourth-order valence-corrected chi connectivity index (χ4v) is 4.85. The van der Waals surface area contributed by atoms with Gasteiger partial charge in [0.1, 0.15) is 5.75 Å². The van der Waals surface area contributed by atoms with E-state index in [4.69, 9.17) is 9.47 Å². The largest absolute Gasteiger partial charge is 0.497 e. The van der Waals surface area contributed by atoms with E-state index in [1.54, 1.807) is 38.3 Å². The van der Waals surface area contributed by atoms with Gasteiger partial charge in [0.2, 0.25) is 5.91 Å². The third kappa shape index (κ3) is 5.30. The number of likely N-dealkylation sites (tertiary alicyclic amines) is 1. The van der Waals surface area contributed by atoms with Crippen molar-refractivity contribution in [1.29, 1.82) is 0 Å². The number of piperidine rings is 1. The predicted octanol–water partition coefficient (Wildman–Crippen LogP) is 3.85. The predicted molar refractivity (Wildman–Crippen MR) is 129 cm³/mol. The number of benzene rings is 2. The van der Waals surface area contributed by atoms with Crippen LogP contribution in [-0.4, -0.2) is 55.5 Å². The van der Waals surface area contributed by atoms with Crippen LogP contribution in [0.4, 0.5) is 5.69 Å². The summed E-state index contributed by atoms with van der Waals surface area (Å²) < 4.78 is 10.2. The van der Waals surface area contributed by atoms with Gasteiger partial charge in [0, 0.05) is 0 Å². The van der Waals surface area contributed by atoms with Crippen LogP contribution < -0.4 is 9.64 Å². The van der Waals surface area contributed by atoms with Crippen molar-refractivity contribution in [2.24, 2.45) is 5.92 Å². The van der Waals surface area contributed by atoms with E-state index in [1.807, 2.05) is 12.1 Å². The highest BCUT2D eigenvalue weighted by molar-refractivity contribution is 6.22. The molecule has 2 aliphatic heterocycles. The average molecular weight is 465 g/mol. The first kappa shape index (κ1) is 24.0. The number of carbonyl (C=O) groups is 3. The molecule has 34 heavy (non-hydrogen) atoms. The zero-order valence-corrected chi connectivity index (χ0v) is 19.9. The van der Waals surface area contributed by atoms with Gasteiger partial charge in [-0.3, -0.25) is 14.5 Å². The summed E-state index contributed by atoms with van der Waals surface area (Å²) in [4.78, 5) is 41.1. The molecule has 180 valence electrons. The summed E-state index contributed by atoms with van der Waals surface area (Å²) in [6.45, 7) is 3.69. The fourth-order valence-electron chi connectivity index (χ4n) is 4.85. The maximum Gasteiger partial charge on any atom is 0.338 e. The van der Waals surface area contributed by atoms with Gasteiger partial charge in [0.25, 0.3) is 5.91 Å². The molecule has 0 spiro atoms. The Balaban J connectivity index is 1.30. The lowest BCUT2D eigenvalue weighted by Gasteiger charge is -2.34. The Hall–Kier alpha value is -3.19. The number of hydrogen-bond acceptors (Lipinski definition) is 6. The first-order valence-electron chi connectivity index (χ1n) is 12.0. The number of amides is 2. The van der Waals surface area contributed by atoms with Gasteiger partial charge in [-0.25, -0.2) is 9.69 Å². The van der Waals surface area contributed by atoms with Gasteiger partial charge in [0.05, 0.1) is 37.4 Å². The number of nitrogens with zero attached hydrogens (tertiary/aromatic N) is 2. The second kappa shape index (κ2) is 10.8. The number of anilines is 1. The van der Waals surface area contributed by atoms with Crippen LogP contribution in [0.5, 0.6) is 5.75 Å². The molecule has 2 fully saturated rings. The first-order valence-corrected chi connectivity index (χ1v) is 12.0. The van der Waals surface area contributed by atoms with Crippen LogP contribution in [0.25, 0.3) is 0 Å². The van der Waals surface area contributed by atoms with Crippen LogP contribution in [0.3, 0.4) is 0 Å². The molecule has 2 saturated heterocycles. The van der Waals surface area contributed by atoms with Gasteiger partial charge in [-0.05, 0) is 93.6 Å². The van der Waals surface area contributed by atoms with Crippen LogP contribution in [0.2, 0.25) is 0 Å². The summed E-state index contributed by atoms with van der Waals surface area (Å²) in [6.07, 6.45) is 4.42. The van der Waals surface area contributed by atoms with E-state index in [9.17, 15) is 14.4 Å². The third-order valence-electron chi connectivity index (χ3n) is 6.85. The molecule has 0 aromatic heterocycles. The number of carbonyl (C=O) groups excluding carboxylic acids is 3. The zero-order valence-electron chi connectivity index (χ0n) is 19.9. The molecule has 7 nitrogen and oxygen atoms in total. The molecule has 2 aliphatic rings. The number of imide groups is 1.